The predicted octanol–water partition coefficient (Wildman–Crippen LogP) is 2.38. The van der Waals surface area contributed by atoms with Crippen molar-refractivity contribution in [1.82, 2.24) is 4.90 Å². The maximum atomic E-state index is 11.9. The molecule has 0 aromatic heterocycles. The highest BCUT2D eigenvalue weighted by molar-refractivity contribution is 7.89. The van der Waals surface area contributed by atoms with Crippen LogP contribution < -0.4 is 10.5 Å². The number of amides is 2. The van der Waals surface area contributed by atoms with E-state index < -0.39 is 10.0 Å². The van der Waals surface area contributed by atoms with Crippen LogP contribution in [0.3, 0.4) is 0 Å². The van der Waals surface area contributed by atoms with Gasteiger partial charge in [-0.2, -0.15) is 0 Å². The van der Waals surface area contributed by atoms with Crippen molar-refractivity contribution in [2.24, 2.45) is 5.14 Å². The van der Waals surface area contributed by atoms with Crippen molar-refractivity contribution in [2.75, 3.05) is 18.9 Å². The van der Waals surface area contributed by atoms with E-state index in [2.05, 4.69) is 12.2 Å². The molecule has 1 aromatic rings. The molecule has 0 heterocycles. The first-order chi connectivity index (χ1) is 9.84. The molecule has 0 aliphatic rings. The second kappa shape index (κ2) is 7.99. The number of unbranched alkanes of at least 4 members (excludes halogenated alkanes) is 3. The van der Waals surface area contributed by atoms with Crippen LogP contribution in [0.1, 0.15) is 32.6 Å². The number of nitrogens with one attached hydrogen (secondary N) is 1. The molecular weight excluding hydrogens is 290 g/mol. The molecule has 1 rings (SSSR count). The van der Waals surface area contributed by atoms with Gasteiger partial charge in [0.2, 0.25) is 10.0 Å². The van der Waals surface area contributed by atoms with Gasteiger partial charge in [0.05, 0.1) is 4.90 Å². The second-order valence-corrected chi connectivity index (χ2v) is 6.54. The van der Waals surface area contributed by atoms with Gasteiger partial charge < -0.3 is 10.2 Å². The van der Waals surface area contributed by atoms with Crippen LogP contribution in [-0.2, 0) is 10.0 Å². The van der Waals surface area contributed by atoms with E-state index in [9.17, 15) is 13.2 Å². The van der Waals surface area contributed by atoms with Gasteiger partial charge in [0.1, 0.15) is 0 Å². The smallest absolute Gasteiger partial charge is 0.321 e. The molecule has 21 heavy (non-hydrogen) atoms. The predicted molar refractivity (Wildman–Crippen MR) is 83.6 cm³/mol. The number of primary sulfonamides is 1. The zero-order chi connectivity index (χ0) is 15.9. The van der Waals surface area contributed by atoms with Gasteiger partial charge in [-0.25, -0.2) is 18.4 Å². The van der Waals surface area contributed by atoms with E-state index in [0.29, 0.717) is 12.2 Å². The van der Waals surface area contributed by atoms with E-state index in [4.69, 9.17) is 5.14 Å². The van der Waals surface area contributed by atoms with Gasteiger partial charge in [0, 0.05) is 19.3 Å². The minimum atomic E-state index is -3.71. The van der Waals surface area contributed by atoms with Crippen LogP contribution in [0.4, 0.5) is 10.5 Å². The van der Waals surface area contributed by atoms with Crippen LogP contribution in [0.2, 0.25) is 0 Å². The van der Waals surface area contributed by atoms with Crippen molar-refractivity contribution in [3.05, 3.63) is 24.3 Å². The molecule has 6 nitrogen and oxygen atoms in total. The standard InChI is InChI=1S/C14H23N3O3S/c1-3-4-5-6-11-17(2)14(18)16-12-7-9-13(10-8-12)21(15,19)20/h7-10H,3-6,11H2,1-2H3,(H,16,18)(H2,15,19,20). The van der Waals surface area contributed by atoms with Crippen LogP contribution in [-0.4, -0.2) is 32.9 Å². The van der Waals surface area contributed by atoms with Crippen LogP contribution >= 0.6 is 0 Å². The van der Waals surface area contributed by atoms with Crippen molar-refractivity contribution < 1.29 is 13.2 Å². The number of urea groups is 1. The van der Waals surface area contributed by atoms with Gasteiger partial charge in [-0.1, -0.05) is 26.2 Å². The molecule has 1 aromatic carbocycles. The summed E-state index contributed by atoms with van der Waals surface area (Å²) in [6.07, 6.45) is 4.41. The molecule has 2 amide bonds. The first kappa shape index (κ1) is 17.5. The minimum Gasteiger partial charge on any atom is -0.328 e. The molecule has 0 unspecified atom stereocenters. The number of hydrogen-bond donors (Lipinski definition) is 2. The monoisotopic (exact) mass is 313 g/mol. The summed E-state index contributed by atoms with van der Waals surface area (Å²) in [5.74, 6) is 0. The van der Waals surface area contributed by atoms with Crippen molar-refractivity contribution in [1.29, 1.82) is 0 Å². The van der Waals surface area contributed by atoms with E-state index in [-0.39, 0.29) is 10.9 Å². The third kappa shape index (κ3) is 6.14. The number of hydrogen-bond acceptors (Lipinski definition) is 3. The molecule has 118 valence electrons. The van der Waals surface area contributed by atoms with Crippen molar-refractivity contribution >= 4 is 21.7 Å². The summed E-state index contributed by atoms with van der Waals surface area (Å²) in [7, 11) is -1.97. The molecule has 0 bridgehead atoms. The maximum Gasteiger partial charge on any atom is 0.321 e. The number of carbonyl (C=O) groups is 1. The lowest BCUT2D eigenvalue weighted by atomic mass is 10.2. The summed E-state index contributed by atoms with van der Waals surface area (Å²) < 4.78 is 22.3. The van der Waals surface area contributed by atoms with Crippen LogP contribution in [0.25, 0.3) is 0 Å². The lowest BCUT2D eigenvalue weighted by Gasteiger charge is -2.18. The van der Waals surface area contributed by atoms with Gasteiger partial charge in [-0.15, -0.1) is 0 Å². The second-order valence-electron chi connectivity index (χ2n) is 4.98. The topological polar surface area (TPSA) is 92.5 Å². The Morgan fingerprint density at radius 1 is 1.19 bits per heavy atom. The molecule has 3 N–H and O–H groups in total. The van der Waals surface area contributed by atoms with E-state index in [1.54, 1.807) is 11.9 Å². The Balaban J connectivity index is 2.51. The molecule has 0 saturated carbocycles. The quantitative estimate of drug-likeness (QED) is 0.757. The fraction of sp³-hybridized carbons (Fsp3) is 0.500. The fourth-order valence-electron chi connectivity index (χ4n) is 1.82. The van der Waals surface area contributed by atoms with Crippen LogP contribution in [0.5, 0.6) is 0 Å². The Morgan fingerprint density at radius 2 is 1.81 bits per heavy atom. The molecule has 0 atom stereocenters. The highest BCUT2D eigenvalue weighted by Gasteiger charge is 2.10. The van der Waals surface area contributed by atoms with Crippen molar-refractivity contribution in [3.8, 4) is 0 Å². The molecule has 0 aliphatic heterocycles. The summed E-state index contributed by atoms with van der Waals surface area (Å²) in [6, 6.07) is 5.55. The van der Waals surface area contributed by atoms with Crippen LogP contribution in [0, 0.1) is 0 Å². The third-order valence-corrected chi connectivity index (χ3v) is 4.06. The molecular formula is C14H23N3O3S. The SMILES string of the molecule is CCCCCCN(C)C(=O)Nc1ccc(S(N)(=O)=O)cc1. The Bertz CT molecular complexity index is 555. The summed E-state index contributed by atoms with van der Waals surface area (Å²) in [6.45, 7) is 2.84. The first-order valence-corrected chi connectivity index (χ1v) is 8.54. The summed E-state index contributed by atoms with van der Waals surface area (Å²) >= 11 is 0. The van der Waals surface area contributed by atoms with Crippen molar-refractivity contribution in [2.45, 2.75) is 37.5 Å². The first-order valence-electron chi connectivity index (χ1n) is 6.99. The summed E-state index contributed by atoms with van der Waals surface area (Å²) in [5.41, 5.74) is 0.535. The van der Waals surface area contributed by atoms with E-state index in [1.807, 2.05) is 0 Å². The zero-order valence-corrected chi connectivity index (χ0v) is 13.3. The molecule has 7 heteroatoms. The molecule has 0 aliphatic carbocycles. The Morgan fingerprint density at radius 3 is 2.33 bits per heavy atom. The van der Waals surface area contributed by atoms with E-state index in [0.717, 1.165) is 19.3 Å². The lowest BCUT2D eigenvalue weighted by Crippen LogP contribution is -2.32. The molecule has 0 fully saturated rings. The number of sulfonamides is 1. The summed E-state index contributed by atoms with van der Waals surface area (Å²) in [4.78, 5) is 13.6. The highest BCUT2D eigenvalue weighted by atomic mass is 32.2. The Hall–Kier alpha value is -1.60. The van der Waals surface area contributed by atoms with E-state index >= 15 is 0 Å². The lowest BCUT2D eigenvalue weighted by molar-refractivity contribution is 0.221. The van der Waals surface area contributed by atoms with Gasteiger partial charge in [-0.3, -0.25) is 0 Å². The number of nitrogens with two attached hydrogens (primary N) is 1. The number of carbonyl (C=O) groups excluding carboxylic acids is 1. The number of anilines is 1. The summed E-state index contributed by atoms with van der Waals surface area (Å²) in [5, 5.41) is 7.73. The number of benzene rings is 1. The normalized spacial score (nSPS) is 11.2. The van der Waals surface area contributed by atoms with Gasteiger partial charge in [0.15, 0.2) is 0 Å². The Kier molecular flexibility index (Phi) is 6.64. The maximum absolute atomic E-state index is 11.9. The minimum absolute atomic E-state index is 0.0217. The van der Waals surface area contributed by atoms with Gasteiger partial charge >= 0.3 is 6.03 Å². The van der Waals surface area contributed by atoms with E-state index in [1.165, 1.54) is 30.7 Å². The number of rotatable bonds is 7. The average molecular weight is 313 g/mol. The molecule has 0 spiro atoms. The number of nitrogens with zero attached hydrogens (tertiary/aromatic N) is 1. The molecule has 0 radical (unpaired) electrons. The van der Waals surface area contributed by atoms with Gasteiger partial charge in [0.25, 0.3) is 0 Å². The van der Waals surface area contributed by atoms with Gasteiger partial charge in [-0.05, 0) is 30.7 Å². The highest BCUT2D eigenvalue weighted by Crippen LogP contribution is 2.13. The third-order valence-electron chi connectivity index (χ3n) is 3.13. The van der Waals surface area contributed by atoms with Crippen molar-refractivity contribution in [3.63, 3.8) is 0 Å². The zero-order valence-electron chi connectivity index (χ0n) is 12.5. The Labute approximate surface area is 126 Å². The molecule has 0 saturated heterocycles. The largest absolute Gasteiger partial charge is 0.328 e. The van der Waals surface area contributed by atoms with Crippen LogP contribution in [0.15, 0.2) is 29.2 Å². The average Bonchev–Trinajstić information content (AvgIpc) is 2.43. The fourth-order valence-corrected chi connectivity index (χ4v) is 2.34.